The van der Waals surface area contributed by atoms with E-state index in [0.717, 1.165) is 31.8 Å². The number of pyridine rings is 1. The second-order valence-electron chi connectivity index (χ2n) is 7.24. The lowest BCUT2D eigenvalue weighted by Crippen LogP contribution is -3.00. The summed E-state index contributed by atoms with van der Waals surface area (Å²) in [6.45, 7) is 1.95. The Morgan fingerprint density at radius 2 is 1.60 bits per heavy atom. The van der Waals surface area contributed by atoms with E-state index in [4.69, 9.17) is 0 Å². The van der Waals surface area contributed by atoms with Crippen molar-refractivity contribution in [1.82, 2.24) is 3.97 Å². The Labute approximate surface area is 189 Å². The highest BCUT2D eigenvalue weighted by Gasteiger charge is 2.28. The lowest BCUT2D eigenvalue weighted by atomic mass is 10.1. The second kappa shape index (κ2) is 7.38. The first-order valence-corrected chi connectivity index (χ1v) is 11.4. The Bertz CT molecular complexity index is 1540. The van der Waals surface area contributed by atoms with Crippen LogP contribution in [-0.4, -0.2) is 12.4 Å². The molecule has 0 amide bonds. The minimum Gasteiger partial charge on any atom is -1.00 e. The molecule has 5 aromatic rings. The van der Waals surface area contributed by atoms with E-state index in [1.807, 2.05) is 74.6 Å². The van der Waals surface area contributed by atoms with Gasteiger partial charge in [-0.25, -0.2) is 12.4 Å². The van der Waals surface area contributed by atoms with Crippen LogP contribution in [0.2, 0.25) is 0 Å². The highest BCUT2D eigenvalue weighted by atomic mass is 79.9. The first-order valence-electron chi connectivity index (χ1n) is 9.21. The fourth-order valence-corrected chi connectivity index (χ4v) is 5.87. The fourth-order valence-electron chi connectivity index (χ4n) is 3.98. The standard InChI is InChI=1S/C23H18BrN2O2S.ClH/c1-15-7-10-18(11-8-15)29(27,28)26-21-6-4-3-5-19(21)23-22(26)14-16-13-17(24)9-12-20(16)25(23)2;/h3-14H,1-2H3;1H/q+1;/p-1. The average Bonchev–Trinajstić information content (AvgIpc) is 3.03. The molecule has 2 aromatic heterocycles. The van der Waals surface area contributed by atoms with E-state index in [2.05, 4.69) is 20.5 Å². The number of para-hydroxylation sites is 1. The van der Waals surface area contributed by atoms with Gasteiger partial charge in [-0.2, -0.15) is 4.57 Å². The molecular weight excluding hydrogens is 484 g/mol. The van der Waals surface area contributed by atoms with Crippen LogP contribution in [0.25, 0.3) is 32.8 Å². The molecule has 2 heterocycles. The predicted octanol–water partition coefficient (Wildman–Crippen LogP) is 2.08. The smallest absolute Gasteiger partial charge is 0.268 e. The molecule has 0 saturated heterocycles. The van der Waals surface area contributed by atoms with Crippen LogP contribution in [0.1, 0.15) is 5.56 Å². The SMILES string of the molecule is Cc1ccc(S(=O)(=O)n2c3ccccc3c3c2cc2cc(Br)ccc2[n+]3C)cc1.[Cl-]. The molecule has 0 aliphatic heterocycles. The van der Waals surface area contributed by atoms with Crippen molar-refractivity contribution >= 4 is 58.8 Å². The van der Waals surface area contributed by atoms with Gasteiger partial charge in [-0.05, 0) is 49.4 Å². The summed E-state index contributed by atoms with van der Waals surface area (Å²) >= 11 is 3.52. The Morgan fingerprint density at radius 1 is 0.900 bits per heavy atom. The molecule has 3 aromatic carbocycles. The van der Waals surface area contributed by atoms with Crippen molar-refractivity contribution in [2.45, 2.75) is 11.8 Å². The van der Waals surface area contributed by atoms with Crippen molar-refractivity contribution < 1.29 is 25.4 Å². The van der Waals surface area contributed by atoms with Gasteiger partial charge in [0.05, 0.1) is 15.8 Å². The number of aryl methyl sites for hydroxylation is 2. The highest BCUT2D eigenvalue weighted by Crippen LogP contribution is 2.33. The highest BCUT2D eigenvalue weighted by molar-refractivity contribution is 9.10. The molecule has 7 heteroatoms. The summed E-state index contributed by atoms with van der Waals surface area (Å²) < 4.78 is 31.9. The van der Waals surface area contributed by atoms with Crippen molar-refractivity contribution in [2.75, 3.05) is 0 Å². The summed E-state index contributed by atoms with van der Waals surface area (Å²) in [6.07, 6.45) is 0. The normalized spacial score (nSPS) is 11.8. The van der Waals surface area contributed by atoms with Gasteiger partial charge in [-0.3, -0.25) is 0 Å². The number of benzene rings is 3. The van der Waals surface area contributed by atoms with Crippen LogP contribution in [0, 0.1) is 6.92 Å². The molecule has 0 aliphatic carbocycles. The van der Waals surface area contributed by atoms with Crippen LogP contribution in [-0.2, 0) is 17.1 Å². The maximum atomic E-state index is 13.7. The summed E-state index contributed by atoms with van der Waals surface area (Å²) in [7, 11) is -1.79. The number of rotatable bonds is 2. The van der Waals surface area contributed by atoms with Gasteiger partial charge < -0.3 is 12.4 Å². The molecule has 4 nitrogen and oxygen atoms in total. The number of hydrogen-bond donors (Lipinski definition) is 0. The van der Waals surface area contributed by atoms with Crippen LogP contribution in [0.5, 0.6) is 0 Å². The third-order valence-corrected chi connectivity index (χ3v) is 7.61. The Hall–Kier alpha value is -2.41. The first-order chi connectivity index (χ1) is 13.9. The number of fused-ring (bicyclic) bond motifs is 4. The van der Waals surface area contributed by atoms with Gasteiger partial charge in [0.2, 0.25) is 11.0 Å². The zero-order valence-electron chi connectivity index (χ0n) is 16.3. The Balaban J connectivity index is 0.00000218. The van der Waals surface area contributed by atoms with Gasteiger partial charge in [-0.15, -0.1) is 0 Å². The zero-order chi connectivity index (χ0) is 20.3. The zero-order valence-corrected chi connectivity index (χ0v) is 19.5. The largest absolute Gasteiger partial charge is 1.00 e. The van der Waals surface area contributed by atoms with Crippen LogP contribution in [0.3, 0.4) is 0 Å². The molecule has 0 fully saturated rings. The topological polar surface area (TPSA) is 43.0 Å². The summed E-state index contributed by atoms with van der Waals surface area (Å²) in [5, 5.41) is 1.88. The number of halogens is 2. The molecule has 0 bridgehead atoms. The third-order valence-electron chi connectivity index (χ3n) is 5.38. The van der Waals surface area contributed by atoms with Crippen molar-refractivity contribution in [2.24, 2.45) is 7.05 Å². The number of hydrogen-bond acceptors (Lipinski definition) is 2. The molecule has 0 radical (unpaired) electrons. The molecule has 0 spiro atoms. The van der Waals surface area contributed by atoms with Gasteiger partial charge in [0.1, 0.15) is 12.6 Å². The van der Waals surface area contributed by atoms with E-state index < -0.39 is 10.0 Å². The molecule has 0 unspecified atom stereocenters. The van der Waals surface area contributed by atoms with E-state index in [9.17, 15) is 8.42 Å². The third kappa shape index (κ3) is 3.02. The summed E-state index contributed by atoms with van der Waals surface area (Å²) in [4.78, 5) is 0.280. The Kier molecular flexibility index (Phi) is 5.12. The molecule has 152 valence electrons. The molecule has 5 rings (SSSR count). The summed E-state index contributed by atoms with van der Waals surface area (Å²) in [5.74, 6) is 0. The summed E-state index contributed by atoms with van der Waals surface area (Å²) in [6, 6.07) is 22.7. The van der Waals surface area contributed by atoms with Gasteiger partial charge in [-0.1, -0.05) is 45.8 Å². The number of nitrogens with zero attached hydrogens (tertiary/aromatic N) is 2. The lowest BCUT2D eigenvalue weighted by Gasteiger charge is -2.09. The molecule has 0 N–H and O–H groups in total. The minimum absolute atomic E-state index is 0. The van der Waals surface area contributed by atoms with E-state index in [0.29, 0.717) is 11.0 Å². The monoisotopic (exact) mass is 500 g/mol. The van der Waals surface area contributed by atoms with Gasteiger partial charge in [0.25, 0.3) is 10.0 Å². The molecule has 0 aliphatic rings. The van der Waals surface area contributed by atoms with Gasteiger partial charge in [0, 0.05) is 15.9 Å². The number of aromatic nitrogens is 2. The van der Waals surface area contributed by atoms with Crippen LogP contribution < -0.4 is 17.0 Å². The van der Waals surface area contributed by atoms with Gasteiger partial charge >= 0.3 is 0 Å². The molecule has 0 atom stereocenters. The predicted molar refractivity (Wildman–Crippen MR) is 120 cm³/mol. The average molecular weight is 502 g/mol. The summed E-state index contributed by atoms with van der Waals surface area (Å²) in [5.41, 5.74) is 4.30. The fraction of sp³-hybridized carbons (Fsp3) is 0.0870. The van der Waals surface area contributed by atoms with Crippen molar-refractivity contribution in [3.63, 3.8) is 0 Å². The molecule has 0 saturated carbocycles. The van der Waals surface area contributed by atoms with Crippen molar-refractivity contribution in [1.29, 1.82) is 0 Å². The van der Waals surface area contributed by atoms with E-state index in [1.54, 1.807) is 12.1 Å². The Morgan fingerprint density at radius 3 is 2.33 bits per heavy atom. The second-order valence-corrected chi connectivity index (χ2v) is 9.94. The van der Waals surface area contributed by atoms with Crippen LogP contribution in [0.15, 0.2) is 82.2 Å². The maximum absolute atomic E-state index is 13.7. The van der Waals surface area contributed by atoms with Crippen LogP contribution in [0.4, 0.5) is 0 Å². The van der Waals surface area contributed by atoms with Crippen molar-refractivity contribution in [3.8, 4) is 0 Å². The maximum Gasteiger partial charge on any atom is 0.268 e. The van der Waals surface area contributed by atoms with Crippen molar-refractivity contribution in [3.05, 3.63) is 82.8 Å². The van der Waals surface area contributed by atoms with E-state index in [-0.39, 0.29) is 17.3 Å². The van der Waals surface area contributed by atoms with E-state index in [1.165, 1.54) is 3.97 Å². The molecule has 30 heavy (non-hydrogen) atoms. The van der Waals surface area contributed by atoms with Crippen LogP contribution >= 0.6 is 15.9 Å². The molecular formula is C23H18BrClN2O2S. The lowest BCUT2D eigenvalue weighted by molar-refractivity contribution is -0.616. The van der Waals surface area contributed by atoms with E-state index >= 15 is 0 Å². The van der Waals surface area contributed by atoms with Gasteiger partial charge in [0.15, 0.2) is 0 Å². The quantitative estimate of drug-likeness (QED) is 0.348. The minimum atomic E-state index is -3.77. The first kappa shape index (κ1) is 20.8.